The fraction of sp³-hybridized carbons (Fsp3) is 0.0758. The van der Waals surface area contributed by atoms with Crippen molar-refractivity contribution in [1.82, 2.24) is 14.1 Å². The number of pyridine rings is 1. The van der Waals surface area contributed by atoms with Gasteiger partial charge >= 0.3 is 0 Å². The number of hydrogen-bond donors (Lipinski definition) is 0. The van der Waals surface area contributed by atoms with Crippen molar-refractivity contribution in [2.24, 2.45) is 0 Å². The molecule has 0 N–H and O–H groups in total. The van der Waals surface area contributed by atoms with Gasteiger partial charge in [-0.3, -0.25) is 4.57 Å². The largest absolute Gasteiger partial charge is 0.457 e. The standard InChI is InChI=1S/C66H51N5O/c1-66(2,3)49-37-38-67-62(41-49)71-61-43-52(35-36-57(61)64-65(71)56-29-16-17-32-58(56)70(64)50-27-14-7-15-28-50)72-53-40-48(45-21-8-4-9-22-45)39-51(42-53)68-44-69(60-34-19-18-33-59(60)68)63-54(46-23-10-5-11-24-46)30-20-31-55(63)47-25-12-6-13-26-47/h4-43H,44H2,1-3H3. The number of anilines is 4. The summed E-state index contributed by atoms with van der Waals surface area (Å²) in [5, 5.41) is 2.26. The van der Waals surface area contributed by atoms with Crippen LogP contribution in [-0.4, -0.2) is 20.8 Å². The smallest absolute Gasteiger partial charge is 0.137 e. The summed E-state index contributed by atoms with van der Waals surface area (Å²) in [5.74, 6) is 2.34. The van der Waals surface area contributed by atoms with Gasteiger partial charge in [-0.05, 0) is 100.0 Å². The summed E-state index contributed by atoms with van der Waals surface area (Å²) in [6.07, 6.45) is 1.95. The minimum atomic E-state index is -0.0735. The van der Waals surface area contributed by atoms with E-state index in [2.05, 4.69) is 276 Å². The van der Waals surface area contributed by atoms with Crippen molar-refractivity contribution < 1.29 is 4.74 Å². The zero-order valence-corrected chi connectivity index (χ0v) is 40.4. The van der Waals surface area contributed by atoms with E-state index in [-0.39, 0.29) is 5.41 Å². The predicted molar refractivity (Wildman–Crippen MR) is 299 cm³/mol. The second kappa shape index (κ2) is 17.4. The van der Waals surface area contributed by atoms with Crippen molar-refractivity contribution in [3.8, 4) is 56.4 Å². The third-order valence-electron chi connectivity index (χ3n) is 14.2. The van der Waals surface area contributed by atoms with E-state index in [9.17, 15) is 0 Å². The highest BCUT2D eigenvalue weighted by atomic mass is 16.5. The summed E-state index contributed by atoms with van der Waals surface area (Å²) in [6, 6.07) is 84.5. The predicted octanol–water partition coefficient (Wildman–Crippen LogP) is 17.5. The lowest BCUT2D eigenvalue weighted by Crippen LogP contribution is -2.25. The number of ether oxygens (including phenoxy) is 1. The molecule has 0 saturated heterocycles. The third-order valence-corrected chi connectivity index (χ3v) is 14.2. The van der Waals surface area contributed by atoms with Gasteiger partial charge < -0.3 is 19.1 Å². The first-order chi connectivity index (χ1) is 35.4. The Labute approximate surface area is 419 Å². The summed E-state index contributed by atoms with van der Waals surface area (Å²) < 4.78 is 11.9. The van der Waals surface area contributed by atoms with Crippen LogP contribution in [0.25, 0.3) is 77.7 Å². The number of rotatable bonds is 9. The molecule has 13 rings (SSSR count). The van der Waals surface area contributed by atoms with Crippen LogP contribution in [0.5, 0.6) is 11.5 Å². The summed E-state index contributed by atoms with van der Waals surface area (Å²) in [4.78, 5) is 10.0. The quantitative estimate of drug-likeness (QED) is 0.145. The van der Waals surface area contributed by atoms with Crippen molar-refractivity contribution in [1.29, 1.82) is 0 Å². The molecular formula is C66H51N5O. The minimum absolute atomic E-state index is 0.0735. The Balaban J connectivity index is 0.976. The highest BCUT2D eigenvalue weighted by molar-refractivity contribution is 6.20. The molecule has 0 saturated carbocycles. The Morgan fingerprint density at radius 2 is 1.00 bits per heavy atom. The van der Waals surface area contributed by atoms with Gasteiger partial charge in [0, 0.05) is 51.6 Å². The molecule has 9 aromatic carbocycles. The Bertz CT molecular complexity index is 3910. The molecule has 4 heterocycles. The molecule has 0 amide bonds. The fourth-order valence-electron chi connectivity index (χ4n) is 10.8. The molecule has 6 heteroatoms. The average molecular weight is 930 g/mol. The van der Waals surface area contributed by atoms with Crippen molar-refractivity contribution in [3.63, 3.8) is 0 Å². The molecule has 12 aromatic rings. The molecule has 0 bridgehead atoms. The second-order valence-electron chi connectivity index (χ2n) is 19.7. The molecule has 72 heavy (non-hydrogen) atoms. The fourth-order valence-corrected chi connectivity index (χ4v) is 10.8. The molecule has 1 aliphatic heterocycles. The van der Waals surface area contributed by atoms with Crippen molar-refractivity contribution >= 4 is 55.6 Å². The number of aromatic nitrogens is 3. The zero-order valence-electron chi connectivity index (χ0n) is 40.4. The molecular weight excluding hydrogens is 879 g/mol. The summed E-state index contributed by atoms with van der Waals surface area (Å²) >= 11 is 0. The van der Waals surface area contributed by atoms with Crippen molar-refractivity contribution in [2.75, 3.05) is 16.5 Å². The Morgan fingerprint density at radius 3 is 1.68 bits per heavy atom. The lowest BCUT2D eigenvalue weighted by Gasteiger charge is -2.27. The van der Waals surface area contributed by atoms with Crippen LogP contribution >= 0.6 is 0 Å². The molecule has 0 fully saturated rings. The Kier molecular flexibility index (Phi) is 10.4. The van der Waals surface area contributed by atoms with E-state index in [4.69, 9.17) is 9.72 Å². The molecule has 3 aromatic heterocycles. The van der Waals surface area contributed by atoms with Gasteiger partial charge in [0.05, 0.1) is 39.1 Å². The molecule has 0 atom stereocenters. The molecule has 0 spiro atoms. The van der Waals surface area contributed by atoms with Crippen LogP contribution in [0.4, 0.5) is 22.7 Å². The van der Waals surface area contributed by atoms with E-state index in [0.29, 0.717) is 6.67 Å². The first-order valence-electron chi connectivity index (χ1n) is 24.7. The first-order valence-corrected chi connectivity index (χ1v) is 24.7. The molecule has 346 valence electrons. The van der Waals surface area contributed by atoms with Crippen LogP contribution in [0.3, 0.4) is 0 Å². The van der Waals surface area contributed by atoms with Crippen LogP contribution in [-0.2, 0) is 5.41 Å². The van der Waals surface area contributed by atoms with E-state index in [1.165, 1.54) is 33.5 Å². The number of para-hydroxylation sites is 5. The van der Waals surface area contributed by atoms with Crippen LogP contribution in [0.1, 0.15) is 26.3 Å². The number of nitrogens with zero attached hydrogens (tertiary/aromatic N) is 5. The molecule has 6 nitrogen and oxygen atoms in total. The molecule has 0 unspecified atom stereocenters. The minimum Gasteiger partial charge on any atom is -0.457 e. The highest BCUT2D eigenvalue weighted by Gasteiger charge is 2.32. The first kappa shape index (κ1) is 42.9. The van der Waals surface area contributed by atoms with Gasteiger partial charge in [0.15, 0.2) is 0 Å². The van der Waals surface area contributed by atoms with E-state index < -0.39 is 0 Å². The normalized spacial score (nSPS) is 12.5. The number of benzene rings is 9. The van der Waals surface area contributed by atoms with Gasteiger partial charge in [-0.1, -0.05) is 178 Å². The van der Waals surface area contributed by atoms with Crippen LogP contribution in [0.2, 0.25) is 0 Å². The maximum absolute atomic E-state index is 7.17. The maximum atomic E-state index is 7.17. The Morgan fingerprint density at radius 1 is 0.417 bits per heavy atom. The van der Waals surface area contributed by atoms with Gasteiger partial charge in [-0.2, -0.15) is 0 Å². The number of hydrogen-bond acceptors (Lipinski definition) is 4. The van der Waals surface area contributed by atoms with Gasteiger partial charge in [-0.25, -0.2) is 4.98 Å². The van der Waals surface area contributed by atoms with Gasteiger partial charge in [0.1, 0.15) is 24.0 Å². The van der Waals surface area contributed by atoms with Crippen LogP contribution in [0.15, 0.2) is 243 Å². The maximum Gasteiger partial charge on any atom is 0.137 e. The molecule has 0 aliphatic carbocycles. The van der Waals surface area contributed by atoms with Crippen molar-refractivity contribution in [3.05, 3.63) is 248 Å². The van der Waals surface area contributed by atoms with E-state index >= 15 is 0 Å². The van der Waals surface area contributed by atoms with E-state index in [1.54, 1.807) is 0 Å². The van der Waals surface area contributed by atoms with Gasteiger partial charge in [0.2, 0.25) is 0 Å². The SMILES string of the molecule is CC(C)(C)c1ccnc(-n2c3cc(Oc4cc(-c5ccccc5)cc(N5CN(c6c(-c7ccccc7)cccc6-c6ccccc6)c6ccccc65)c4)ccc3c3c2c2ccccc2n3-c2ccccc2)c1. The monoisotopic (exact) mass is 929 g/mol. The zero-order chi connectivity index (χ0) is 48.3. The second-order valence-corrected chi connectivity index (χ2v) is 19.7. The van der Waals surface area contributed by atoms with E-state index in [0.717, 1.165) is 84.0 Å². The lowest BCUT2D eigenvalue weighted by atomic mass is 9.88. The Hall–Kier alpha value is -9.13. The van der Waals surface area contributed by atoms with Crippen molar-refractivity contribution in [2.45, 2.75) is 26.2 Å². The molecule has 0 radical (unpaired) electrons. The molecule has 1 aliphatic rings. The average Bonchev–Trinajstić information content (AvgIpc) is 4.09. The topological polar surface area (TPSA) is 38.5 Å². The summed E-state index contributed by atoms with van der Waals surface area (Å²) in [5.41, 5.74) is 18.0. The number of fused-ring (bicyclic) bond motifs is 6. The third kappa shape index (κ3) is 7.39. The van der Waals surface area contributed by atoms with Gasteiger partial charge in [-0.15, -0.1) is 0 Å². The van der Waals surface area contributed by atoms with Crippen LogP contribution < -0.4 is 14.5 Å². The summed E-state index contributed by atoms with van der Waals surface area (Å²) in [7, 11) is 0. The summed E-state index contributed by atoms with van der Waals surface area (Å²) in [6.45, 7) is 7.35. The van der Waals surface area contributed by atoms with Crippen LogP contribution in [0, 0.1) is 0 Å². The lowest BCUT2D eigenvalue weighted by molar-refractivity contribution is 0.483. The van der Waals surface area contributed by atoms with E-state index in [1.807, 2.05) is 6.20 Å². The van der Waals surface area contributed by atoms with Gasteiger partial charge in [0.25, 0.3) is 0 Å². The highest BCUT2D eigenvalue weighted by Crippen LogP contribution is 2.51.